The molecule has 0 amide bonds. The minimum Gasteiger partial charge on any atom is -0.493 e. The molecule has 0 aliphatic rings. The first-order chi connectivity index (χ1) is 15.8. The standard InChI is InChI=1S/C25H22F3NO4/c1-17-20(29-13-12-22(17)33-16-25(26,27)28)15-32-23-11-9-18(14-24(23)31-2)8-10-21(30)19-6-4-3-5-7-19/h3-14H,15-16H2,1-2H3/b10-8+. The maximum Gasteiger partial charge on any atom is 0.422 e. The Morgan fingerprint density at radius 3 is 2.45 bits per heavy atom. The van der Waals surface area contributed by atoms with Gasteiger partial charge in [-0.3, -0.25) is 9.78 Å². The van der Waals surface area contributed by atoms with Crippen LogP contribution >= 0.6 is 0 Å². The Morgan fingerprint density at radius 2 is 1.76 bits per heavy atom. The molecule has 0 fully saturated rings. The summed E-state index contributed by atoms with van der Waals surface area (Å²) in [4.78, 5) is 16.4. The van der Waals surface area contributed by atoms with Crippen LogP contribution in [-0.4, -0.2) is 30.7 Å². The Morgan fingerprint density at radius 1 is 1.00 bits per heavy atom. The predicted molar refractivity (Wildman–Crippen MR) is 118 cm³/mol. The van der Waals surface area contributed by atoms with Gasteiger partial charge in [-0.05, 0) is 36.8 Å². The first-order valence-electron chi connectivity index (χ1n) is 9.99. The van der Waals surface area contributed by atoms with E-state index in [4.69, 9.17) is 14.2 Å². The normalized spacial score (nSPS) is 11.4. The largest absolute Gasteiger partial charge is 0.493 e. The SMILES string of the molecule is COc1cc(/C=C/C(=O)c2ccccc2)ccc1OCc1nccc(OCC(F)(F)F)c1C. The van der Waals surface area contributed by atoms with Crippen LogP contribution in [0.3, 0.4) is 0 Å². The van der Waals surface area contributed by atoms with Gasteiger partial charge >= 0.3 is 6.18 Å². The van der Waals surface area contributed by atoms with Crippen LogP contribution in [0.25, 0.3) is 6.08 Å². The second-order valence-electron chi connectivity index (χ2n) is 7.05. The van der Waals surface area contributed by atoms with Crippen molar-refractivity contribution in [3.8, 4) is 17.2 Å². The number of halogens is 3. The molecule has 0 N–H and O–H groups in total. The van der Waals surface area contributed by atoms with E-state index in [0.717, 1.165) is 5.56 Å². The molecule has 0 aliphatic heterocycles. The van der Waals surface area contributed by atoms with Gasteiger partial charge in [0, 0.05) is 17.3 Å². The number of aromatic nitrogens is 1. The predicted octanol–water partition coefficient (Wildman–Crippen LogP) is 5.81. The molecule has 0 saturated carbocycles. The van der Waals surface area contributed by atoms with Gasteiger partial charge < -0.3 is 14.2 Å². The molecule has 3 rings (SSSR count). The van der Waals surface area contributed by atoms with Gasteiger partial charge in [-0.2, -0.15) is 13.2 Å². The van der Waals surface area contributed by atoms with Gasteiger partial charge in [-0.25, -0.2) is 0 Å². The van der Waals surface area contributed by atoms with E-state index >= 15 is 0 Å². The molecule has 0 aliphatic carbocycles. The Labute approximate surface area is 189 Å². The molecule has 0 saturated heterocycles. The average molecular weight is 457 g/mol. The number of hydrogen-bond acceptors (Lipinski definition) is 5. The lowest BCUT2D eigenvalue weighted by molar-refractivity contribution is -0.153. The van der Waals surface area contributed by atoms with E-state index in [1.807, 2.05) is 6.07 Å². The summed E-state index contributed by atoms with van der Waals surface area (Å²) in [5, 5.41) is 0. The van der Waals surface area contributed by atoms with E-state index in [-0.39, 0.29) is 18.1 Å². The number of ketones is 1. The number of pyridine rings is 1. The molecule has 172 valence electrons. The first kappa shape index (κ1) is 23.8. The van der Waals surface area contributed by atoms with E-state index in [1.165, 1.54) is 25.4 Å². The number of nitrogens with zero attached hydrogens (tertiary/aromatic N) is 1. The van der Waals surface area contributed by atoms with Gasteiger partial charge in [0.25, 0.3) is 0 Å². The molecule has 0 spiro atoms. The van der Waals surface area contributed by atoms with Crippen LogP contribution in [0.2, 0.25) is 0 Å². The number of carbonyl (C=O) groups is 1. The van der Waals surface area contributed by atoms with E-state index < -0.39 is 12.8 Å². The number of benzene rings is 2. The second kappa shape index (κ2) is 10.7. The van der Waals surface area contributed by atoms with Crippen molar-refractivity contribution in [2.75, 3.05) is 13.7 Å². The zero-order valence-electron chi connectivity index (χ0n) is 18.1. The van der Waals surface area contributed by atoms with E-state index in [9.17, 15) is 18.0 Å². The second-order valence-corrected chi connectivity index (χ2v) is 7.05. The van der Waals surface area contributed by atoms with Crippen molar-refractivity contribution >= 4 is 11.9 Å². The molecule has 1 aromatic heterocycles. The first-order valence-corrected chi connectivity index (χ1v) is 9.99. The maximum absolute atomic E-state index is 12.4. The molecule has 3 aromatic rings. The highest BCUT2D eigenvalue weighted by atomic mass is 19.4. The highest BCUT2D eigenvalue weighted by Crippen LogP contribution is 2.30. The lowest BCUT2D eigenvalue weighted by Gasteiger charge is -2.15. The summed E-state index contributed by atoms with van der Waals surface area (Å²) in [7, 11) is 1.49. The molecule has 5 nitrogen and oxygen atoms in total. The number of allylic oxidation sites excluding steroid dienone is 1. The van der Waals surface area contributed by atoms with Crippen LogP contribution in [0.4, 0.5) is 13.2 Å². The molecule has 8 heteroatoms. The summed E-state index contributed by atoms with van der Waals surface area (Å²) in [5.74, 6) is 0.832. The monoisotopic (exact) mass is 457 g/mol. The summed E-state index contributed by atoms with van der Waals surface area (Å²) in [6.45, 7) is 0.243. The maximum atomic E-state index is 12.4. The van der Waals surface area contributed by atoms with Crippen LogP contribution < -0.4 is 14.2 Å². The Balaban J connectivity index is 1.68. The Hall–Kier alpha value is -3.81. The highest BCUT2D eigenvalue weighted by Gasteiger charge is 2.28. The van der Waals surface area contributed by atoms with Gasteiger partial charge in [0.05, 0.1) is 12.8 Å². The Kier molecular flexibility index (Phi) is 7.71. The fourth-order valence-corrected chi connectivity index (χ4v) is 2.94. The molecule has 0 radical (unpaired) electrons. The highest BCUT2D eigenvalue weighted by molar-refractivity contribution is 6.06. The van der Waals surface area contributed by atoms with Crippen LogP contribution in [0.15, 0.2) is 66.9 Å². The van der Waals surface area contributed by atoms with E-state index in [0.29, 0.717) is 28.3 Å². The summed E-state index contributed by atoms with van der Waals surface area (Å²) in [5.41, 5.74) is 2.22. The molecular formula is C25H22F3NO4. The topological polar surface area (TPSA) is 57.7 Å². The number of hydrogen-bond donors (Lipinski definition) is 0. The summed E-state index contributed by atoms with van der Waals surface area (Å²) in [6.07, 6.45) is 0.0904. The lowest BCUT2D eigenvalue weighted by atomic mass is 10.1. The molecular weight excluding hydrogens is 435 g/mol. The third-order valence-electron chi connectivity index (χ3n) is 4.69. The van der Waals surface area contributed by atoms with Gasteiger partial charge in [0.15, 0.2) is 23.9 Å². The van der Waals surface area contributed by atoms with Gasteiger partial charge in [-0.15, -0.1) is 0 Å². The minimum absolute atomic E-state index is 0.00703. The molecule has 33 heavy (non-hydrogen) atoms. The van der Waals surface area contributed by atoms with Crippen LogP contribution in [-0.2, 0) is 6.61 Å². The smallest absolute Gasteiger partial charge is 0.422 e. The molecule has 2 aromatic carbocycles. The van der Waals surface area contributed by atoms with Crippen molar-refractivity contribution < 1.29 is 32.2 Å². The number of rotatable bonds is 9. The summed E-state index contributed by atoms with van der Waals surface area (Å²) < 4.78 is 53.3. The fourth-order valence-electron chi connectivity index (χ4n) is 2.94. The zero-order chi connectivity index (χ0) is 23.8. The van der Waals surface area contributed by atoms with Crippen molar-refractivity contribution in [1.82, 2.24) is 4.98 Å². The van der Waals surface area contributed by atoms with Crippen molar-refractivity contribution in [3.63, 3.8) is 0 Å². The van der Waals surface area contributed by atoms with Gasteiger partial charge in [0.1, 0.15) is 12.4 Å². The molecule has 1 heterocycles. The lowest BCUT2D eigenvalue weighted by Crippen LogP contribution is -2.20. The summed E-state index contributed by atoms with van der Waals surface area (Å²) >= 11 is 0. The van der Waals surface area contributed by atoms with E-state index in [2.05, 4.69) is 4.98 Å². The molecule has 0 unspecified atom stereocenters. The van der Waals surface area contributed by atoms with Crippen LogP contribution in [0.5, 0.6) is 17.2 Å². The number of alkyl halides is 3. The van der Waals surface area contributed by atoms with Crippen molar-refractivity contribution in [1.29, 1.82) is 0 Å². The molecule has 0 atom stereocenters. The fraction of sp³-hybridized carbons (Fsp3) is 0.200. The van der Waals surface area contributed by atoms with Crippen molar-refractivity contribution in [3.05, 3.63) is 89.3 Å². The van der Waals surface area contributed by atoms with E-state index in [1.54, 1.807) is 55.5 Å². The minimum atomic E-state index is -4.43. The average Bonchev–Trinajstić information content (AvgIpc) is 2.81. The third-order valence-corrected chi connectivity index (χ3v) is 4.69. The Bertz CT molecular complexity index is 1130. The van der Waals surface area contributed by atoms with Gasteiger partial charge in [0.2, 0.25) is 0 Å². The number of carbonyl (C=O) groups excluding carboxylic acids is 1. The third kappa shape index (κ3) is 6.83. The van der Waals surface area contributed by atoms with Crippen LogP contribution in [0, 0.1) is 6.92 Å². The quantitative estimate of drug-likeness (QED) is 0.300. The summed E-state index contributed by atoms with van der Waals surface area (Å²) in [6, 6.07) is 15.5. The molecule has 0 bridgehead atoms. The number of methoxy groups -OCH3 is 1. The number of ether oxygens (including phenoxy) is 3. The van der Waals surface area contributed by atoms with Crippen molar-refractivity contribution in [2.24, 2.45) is 0 Å². The van der Waals surface area contributed by atoms with Crippen LogP contribution in [0.1, 0.15) is 27.2 Å². The zero-order valence-corrected chi connectivity index (χ0v) is 18.1. The van der Waals surface area contributed by atoms with Gasteiger partial charge in [-0.1, -0.05) is 42.5 Å². The van der Waals surface area contributed by atoms with Crippen molar-refractivity contribution in [2.45, 2.75) is 19.7 Å².